The van der Waals surface area contributed by atoms with Crippen LogP contribution in [0.4, 0.5) is 0 Å². The van der Waals surface area contributed by atoms with Gasteiger partial charge in [0, 0.05) is 6.04 Å². The Kier molecular flexibility index (Phi) is 5.62. The molecule has 3 rings (SSSR count). The van der Waals surface area contributed by atoms with Crippen LogP contribution >= 0.6 is 35.3 Å². The summed E-state index contributed by atoms with van der Waals surface area (Å²) in [6, 6.07) is 9.29. The van der Waals surface area contributed by atoms with Gasteiger partial charge in [-0.3, -0.25) is 4.79 Å². The highest BCUT2D eigenvalue weighted by molar-refractivity contribution is 8.02. The first-order chi connectivity index (χ1) is 11.8. The van der Waals surface area contributed by atoms with Crippen molar-refractivity contribution in [1.29, 1.82) is 0 Å². The van der Waals surface area contributed by atoms with E-state index in [1.54, 1.807) is 11.6 Å². The number of amides is 1. The summed E-state index contributed by atoms with van der Waals surface area (Å²) in [5.41, 5.74) is 0.879. The predicted octanol–water partition coefficient (Wildman–Crippen LogP) is 2.45. The number of thioether (sulfide) groups is 1. The monoisotopic (exact) mass is 415 g/mol. The number of aromatic nitrogens is 2. The number of hydrogen-bond acceptors (Lipinski definition) is 7. The maximum Gasteiger partial charge on any atom is 0.233 e. The van der Waals surface area contributed by atoms with Crippen LogP contribution in [0.25, 0.3) is 5.69 Å². The highest BCUT2D eigenvalue weighted by Crippen LogP contribution is 2.28. The number of sulfone groups is 1. The van der Waals surface area contributed by atoms with Crippen LogP contribution in [-0.4, -0.2) is 46.9 Å². The van der Waals surface area contributed by atoms with E-state index in [4.69, 9.17) is 12.2 Å². The van der Waals surface area contributed by atoms with Crippen LogP contribution < -0.4 is 5.32 Å². The van der Waals surface area contributed by atoms with E-state index in [1.807, 2.05) is 30.3 Å². The zero-order valence-corrected chi connectivity index (χ0v) is 16.7. The van der Waals surface area contributed by atoms with Crippen molar-refractivity contribution >= 4 is 51.1 Å². The van der Waals surface area contributed by atoms with Gasteiger partial charge in [0.2, 0.25) is 5.91 Å². The summed E-state index contributed by atoms with van der Waals surface area (Å²) in [6.07, 6.45) is 0.479. The molecular formula is C15H17N3O3S4. The quantitative estimate of drug-likeness (QED) is 0.597. The number of carbonyl (C=O) groups is 1. The highest BCUT2D eigenvalue weighted by atomic mass is 32.2. The lowest BCUT2D eigenvalue weighted by atomic mass is 10.2. The van der Waals surface area contributed by atoms with Gasteiger partial charge in [0.25, 0.3) is 0 Å². The maximum absolute atomic E-state index is 12.3. The molecule has 6 nitrogen and oxygen atoms in total. The summed E-state index contributed by atoms with van der Waals surface area (Å²) in [5, 5.41) is 6.91. The summed E-state index contributed by atoms with van der Waals surface area (Å²) >= 11 is 8.03. The Balaban J connectivity index is 1.64. The lowest BCUT2D eigenvalue weighted by molar-refractivity contribution is -0.120. The number of hydrogen-bond donors (Lipinski definition) is 1. The van der Waals surface area contributed by atoms with Crippen LogP contribution in [0.1, 0.15) is 13.3 Å². The topological polar surface area (TPSA) is 81.1 Å². The van der Waals surface area contributed by atoms with Crippen LogP contribution in [-0.2, 0) is 14.6 Å². The van der Waals surface area contributed by atoms with Gasteiger partial charge in [-0.2, -0.15) is 0 Å². The largest absolute Gasteiger partial charge is 0.351 e. The number of benzene rings is 1. The van der Waals surface area contributed by atoms with Crippen LogP contribution in [0.3, 0.4) is 0 Å². The number of carbonyl (C=O) groups excluding carboxylic acids is 1. The van der Waals surface area contributed by atoms with Gasteiger partial charge in [-0.15, -0.1) is 5.10 Å². The molecule has 1 fully saturated rings. The summed E-state index contributed by atoms with van der Waals surface area (Å²) < 4.78 is 26.0. The van der Waals surface area contributed by atoms with Crippen molar-refractivity contribution in [1.82, 2.24) is 15.1 Å². The lowest BCUT2D eigenvalue weighted by Gasteiger charge is -2.14. The number of rotatable bonds is 5. The average Bonchev–Trinajstić information content (AvgIpc) is 3.10. The second-order valence-corrected chi connectivity index (χ2v) is 11.2. The minimum Gasteiger partial charge on any atom is -0.351 e. The van der Waals surface area contributed by atoms with Gasteiger partial charge in [0.05, 0.1) is 22.4 Å². The van der Waals surface area contributed by atoms with E-state index in [1.165, 1.54) is 23.1 Å². The van der Waals surface area contributed by atoms with Gasteiger partial charge in [-0.05, 0) is 37.7 Å². The van der Waals surface area contributed by atoms with E-state index in [-0.39, 0.29) is 28.7 Å². The number of nitrogens with zero attached hydrogens (tertiary/aromatic N) is 2. The molecule has 1 saturated heterocycles. The highest BCUT2D eigenvalue weighted by Gasteiger charge is 2.30. The molecule has 1 aromatic carbocycles. The molecule has 1 N–H and O–H groups in total. The van der Waals surface area contributed by atoms with E-state index >= 15 is 0 Å². The molecule has 0 saturated carbocycles. The maximum atomic E-state index is 12.3. The van der Waals surface area contributed by atoms with Crippen LogP contribution in [0.5, 0.6) is 0 Å². The molecule has 134 valence electrons. The Morgan fingerprint density at radius 1 is 1.44 bits per heavy atom. The minimum absolute atomic E-state index is 0.0255. The van der Waals surface area contributed by atoms with Crippen molar-refractivity contribution in [3.8, 4) is 5.69 Å². The predicted molar refractivity (Wildman–Crippen MR) is 103 cm³/mol. The summed E-state index contributed by atoms with van der Waals surface area (Å²) in [7, 11) is -3.01. The third-order valence-corrected chi connectivity index (χ3v) is 7.94. The fraction of sp³-hybridized carbons (Fsp3) is 0.400. The molecule has 0 spiro atoms. The van der Waals surface area contributed by atoms with Crippen molar-refractivity contribution in [2.24, 2.45) is 0 Å². The molecule has 25 heavy (non-hydrogen) atoms. The first kappa shape index (κ1) is 18.6. The Hall–Kier alpha value is -1.23. The van der Waals surface area contributed by atoms with Gasteiger partial charge >= 0.3 is 0 Å². The Morgan fingerprint density at radius 3 is 2.80 bits per heavy atom. The second kappa shape index (κ2) is 7.56. The van der Waals surface area contributed by atoms with E-state index in [0.717, 1.165) is 5.69 Å². The Morgan fingerprint density at radius 2 is 2.16 bits per heavy atom. The molecule has 1 aromatic heterocycles. The van der Waals surface area contributed by atoms with Gasteiger partial charge in [-0.1, -0.05) is 41.3 Å². The van der Waals surface area contributed by atoms with Crippen molar-refractivity contribution in [3.63, 3.8) is 0 Å². The Labute approximate surface area is 159 Å². The van der Waals surface area contributed by atoms with E-state index in [9.17, 15) is 13.2 Å². The SMILES string of the molecule is C[C@@H](Sc1nn(-c2ccccc2)c(=S)s1)C(=O)N[C@@H]1CCS(=O)(=O)C1. The molecule has 2 atom stereocenters. The van der Waals surface area contributed by atoms with E-state index in [2.05, 4.69) is 10.4 Å². The third kappa shape index (κ3) is 4.69. The standard InChI is InChI=1S/C15H17N3O3S4/c1-10(13(19)16-11-7-8-25(20,21)9-11)23-14-17-18(15(22)24-14)12-5-3-2-4-6-12/h2-6,10-11H,7-9H2,1H3,(H,16,19)/t10-,11-/m1/s1. The third-order valence-electron chi connectivity index (χ3n) is 3.76. The van der Waals surface area contributed by atoms with E-state index in [0.29, 0.717) is 14.7 Å². The Bertz CT molecular complexity index is 921. The average molecular weight is 416 g/mol. The smallest absolute Gasteiger partial charge is 0.233 e. The second-order valence-electron chi connectivity index (χ2n) is 5.75. The van der Waals surface area contributed by atoms with Gasteiger partial charge in [-0.25, -0.2) is 13.1 Å². The van der Waals surface area contributed by atoms with Crippen LogP contribution in [0.15, 0.2) is 34.7 Å². The fourth-order valence-corrected chi connectivity index (χ4v) is 6.66. The molecular weight excluding hydrogens is 398 g/mol. The zero-order chi connectivity index (χ0) is 18.0. The number of para-hydroxylation sites is 1. The van der Waals surface area contributed by atoms with E-state index < -0.39 is 9.84 Å². The van der Waals surface area contributed by atoms with Crippen molar-refractivity contribution in [3.05, 3.63) is 34.3 Å². The molecule has 0 bridgehead atoms. The molecule has 1 aliphatic heterocycles. The molecule has 0 aliphatic carbocycles. The minimum atomic E-state index is -3.01. The fourth-order valence-electron chi connectivity index (χ4n) is 2.47. The molecule has 1 aliphatic rings. The molecule has 1 amide bonds. The van der Waals surface area contributed by atoms with Crippen LogP contribution in [0.2, 0.25) is 0 Å². The normalized spacial score (nSPS) is 20.3. The molecule has 0 radical (unpaired) electrons. The first-order valence-corrected chi connectivity index (χ1v) is 11.6. The number of nitrogens with one attached hydrogen (secondary N) is 1. The summed E-state index contributed by atoms with van der Waals surface area (Å²) in [5.74, 6) is -0.0143. The lowest BCUT2D eigenvalue weighted by Crippen LogP contribution is -2.39. The molecule has 10 heteroatoms. The zero-order valence-electron chi connectivity index (χ0n) is 13.4. The van der Waals surface area contributed by atoms with Gasteiger partial charge < -0.3 is 5.32 Å². The van der Waals surface area contributed by atoms with Crippen molar-refractivity contribution in [2.45, 2.75) is 29.0 Å². The van der Waals surface area contributed by atoms with Crippen molar-refractivity contribution in [2.75, 3.05) is 11.5 Å². The van der Waals surface area contributed by atoms with Crippen molar-refractivity contribution < 1.29 is 13.2 Å². The van der Waals surface area contributed by atoms with Crippen LogP contribution in [0, 0.1) is 3.95 Å². The van der Waals surface area contributed by atoms with Gasteiger partial charge in [0.15, 0.2) is 18.1 Å². The van der Waals surface area contributed by atoms with Gasteiger partial charge in [0.1, 0.15) is 0 Å². The first-order valence-electron chi connectivity index (χ1n) is 7.67. The molecule has 0 unspecified atom stereocenters. The summed E-state index contributed by atoms with van der Waals surface area (Å²) in [4.78, 5) is 12.3. The summed E-state index contributed by atoms with van der Waals surface area (Å²) in [6.45, 7) is 1.78. The molecule has 2 aromatic rings. The molecule has 2 heterocycles.